The van der Waals surface area contributed by atoms with Crippen molar-refractivity contribution in [1.82, 2.24) is 5.32 Å². The zero-order chi connectivity index (χ0) is 15.0. The number of hydrogen-bond donors (Lipinski definition) is 1. The van der Waals surface area contributed by atoms with Crippen LogP contribution < -0.4 is 5.32 Å². The minimum absolute atomic E-state index is 0.0882. The number of hydrogen-bond acceptors (Lipinski definition) is 3. The normalized spacial score (nSPS) is 38.1. The molecule has 0 heterocycles. The van der Waals surface area contributed by atoms with Crippen LogP contribution in [-0.2, 0) is 14.3 Å². The molecule has 1 unspecified atom stereocenters. The highest BCUT2D eigenvalue weighted by Crippen LogP contribution is 2.61. The molecule has 0 spiro atoms. The lowest BCUT2D eigenvalue weighted by Crippen LogP contribution is -2.48. The fourth-order valence-corrected chi connectivity index (χ4v) is 5.67. The second-order valence-corrected chi connectivity index (χ2v) is 8.49. The van der Waals surface area contributed by atoms with Gasteiger partial charge in [-0.25, -0.2) is 0 Å². The van der Waals surface area contributed by atoms with E-state index in [0.29, 0.717) is 13.0 Å². The molecule has 1 atom stereocenters. The molecule has 0 aliphatic heterocycles. The maximum absolute atomic E-state index is 12.3. The van der Waals surface area contributed by atoms with Crippen molar-refractivity contribution in [2.24, 2.45) is 23.2 Å². The summed E-state index contributed by atoms with van der Waals surface area (Å²) in [5.74, 6) is 2.34. The molecule has 4 aliphatic carbocycles. The number of amides is 1. The van der Waals surface area contributed by atoms with Gasteiger partial charge in [0.05, 0.1) is 7.11 Å². The Hall–Kier alpha value is -0.580. The first-order valence-electron chi connectivity index (χ1n) is 7.98. The van der Waals surface area contributed by atoms with Crippen LogP contribution in [0.4, 0.5) is 0 Å². The molecule has 4 fully saturated rings. The number of alkyl halides is 1. The van der Waals surface area contributed by atoms with Crippen LogP contribution in [0.5, 0.6) is 0 Å². The van der Waals surface area contributed by atoms with Gasteiger partial charge < -0.3 is 10.1 Å². The number of halogens is 1. The first-order chi connectivity index (χ1) is 9.99. The van der Waals surface area contributed by atoms with E-state index in [4.69, 9.17) is 0 Å². The fraction of sp³-hybridized carbons (Fsp3) is 0.875. The molecule has 4 rings (SSSR count). The Balaban J connectivity index is 1.52. The molecule has 0 aromatic carbocycles. The summed E-state index contributed by atoms with van der Waals surface area (Å²) in [4.78, 5) is 23.1. The Kier molecular flexibility index (Phi) is 4.30. The van der Waals surface area contributed by atoms with E-state index in [9.17, 15) is 9.59 Å². The highest BCUT2D eigenvalue weighted by atomic mass is 79.9. The summed E-state index contributed by atoms with van der Waals surface area (Å²) in [6.45, 7) is 0.303. The van der Waals surface area contributed by atoms with Gasteiger partial charge in [-0.05, 0) is 61.7 Å². The number of nitrogens with one attached hydrogen (secondary N) is 1. The SMILES string of the molecule is COC(=O)C(Br)CNC(=O)CC12CC3CC(CC(C3)C1)C2. The summed E-state index contributed by atoms with van der Waals surface area (Å²) in [6, 6.07) is 0. The lowest BCUT2D eigenvalue weighted by atomic mass is 9.49. The smallest absolute Gasteiger partial charge is 0.321 e. The van der Waals surface area contributed by atoms with Crippen LogP contribution in [0.2, 0.25) is 0 Å². The molecule has 0 radical (unpaired) electrons. The first kappa shape index (κ1) is 15.3. The molecule has 1 amide bonds. The molecule has 0 aromatic heterocycles. The van der Waals surface area contributed by atoms with E-state index in [1.54, 1.807) is 0 Å². The quantitative estimate of drug-likeness (QED) is 0.607. The molecular weight excluding hydrogens is 334 g/mol. The molecule has 118 valence electrons. The number of carbonyl (C=O) groups excluding carboxylic acids is 2. The van der Waals surface area contributed by atoms with Crippen LogP contribution in [0.15, 0.2) is 0 Å². The molecule has 0 aromatic rings. The molecule has 0 saturated heterocycles. The second-order valence-electron chi connectivity index (χ2n) is 7.39. The number of ether oxygens (including phenoxy) is 1. The zero-order valence-electron chi connectivity index (χ0n) is 12.6. The topological polar surface area (TPSA) is 55.4 Å². The standard InChI is InChI=1S/C16H24BrNO3/c1-21-15(20)13(17)9-18-14(19)8-16-5-10-2-11(6-16)4-12(3-10)7-16/h10-13H,2-9H2,1H3,(H,18,19). The average Bonchev–Trinajstić information content (AvgIpc) is 2.41. The molecule has 4 aliphatic rings. The Bertz CT molecular complexity index is 402. The Morgan fingerprint density at radius 2 is 1.71 bits per heavy atom. The number of rotatable bonds is 5. The fourth-order valence-electron chi connectivity index (χ4n) is 5.32. The van der Waals surface area contributed by atoms with Gasteiger partial charge in [0.15, 0.2) is 0 Å². The predicted molar refractivity (Wildman–Crippen MR) is 83.0 cm³/mol. The van der Waals surface area contributed by atoms with Gasteiger partial charge in [0.25, 0.3) is 0 Å². The molecule has 5 heteroatoms. The largest absolute Gasteiger partial charge is 0.468 e. The first-order valence-corrected chi connectivity index (χ1v) is 8.90. The van der Waals surface area contributed by atoms with E-state index in [1.807, 2.05) is 0 Å². The Morgan fingerprint density at radius 3 is 2.19 bits per heavy atom. The van der Waals surface area contributed by atoms with Gasteiger partial charge >= 0.3 is 5.97 Å². The van der Waals surface area contributed by atoms with Crippen molar-refractivity contribution in [1.29, 1.82) is 0 Å². The zero-order valence-corrected chi connectivity index (χ0v) is 14.2. The van der Waals surface area contributed by atoms with Crippen molar-refractivity contribution in [2.75, 3.05) is 13.7 Å². The van der Waals surface area contributed by atoms with Gasteiger partial charge in [0, 0.05) is 13.0 Å². The Labute approximate surface area is 134 Å². The molecular formula is C16H24BrNO3. The monoisotopic (exact) mass is 357 g/mol. The van der Waals surface area contributed by atoms with Crippen LogP contribution in [-0.4, -0.2) is 30.4 Å². The van der Waals surface area contributed by atoms with Crippen LogP contribution in [0.1, 0.15) is 44.9 Å². The maximum atomic E-state index is 12.3. The summed E-state index contributed by atoms with van der Waals surface area (Å²) >= 11 is 3.24. The van der Waals surface area contributed by atoms with Crippen LogP contribution >= 0.6 is 15.9 Å². The van der Waals surface area contributed by atoms with Crippen molar-refractivity contribution in [3.05, 3.63) is 0 Å². The predicted octanol–water partition coefficient (Wildman–Crippen LogP) is 2.65. The van der Waals surface area contributed by atoms with Gasteiger partial charge in [0.1, 0.15) is 4.83 Å². The van der Waals surface area contributed by atoms with Crippen molar-refractivity contribution in [3.63, 3.8) is 0 Å². The summed E-state index contributed by atoms with van der Waals surface area (Å²) in [7, 11) is 1.36. The van der Waals surface area contributed by atoms with E-state index < -0.39 is 4.83 Å². The molecule has 4 saturated carbocycles. The third-order valence-electron chi connectivity index (χ3n) is 5.64. The third-order valence-corrected chi connectivity index (χ3v) is 6.33. The highest BCUT2D eigenvalue weighted by Gasteiger charge is 2.51. The second kappa shape index (κ2) is 5.90. The van der Waals surface area contributed by atoms with Gasteiger partial charge in [-0.3, -0.25) is 9.59 Å². The number of methoxy groups -OCH3 is 1. The third kappa shape index (κ3) is 3.27. The minimum atomic E-state index is -0.456. The van der Waals surface area contributed by atoms with Gasteiger partial charge in [-0.15, -0.1) is 0 Å². The van der Waals surface area contributed by atoms with Crippen LogP contribution in [0.3, 0.4) is 0 Å². The Morgan fingerprint density at radius 1 is 1.19 bits per heavy atom. The van der Waals surface area contributed by atoms with Gasteiger partial charge in [-0.2, -0.15) is 0 Å². The molecule has 4 bridgehead atoms. The van der Waals surface area contributed by atoms with Crippen molar-refractivity contribution < 1.29 is 14.3 Å². The van der Waals surface area contributed by atoms with E-state index in [1.165, 1.54) is 45.6 Å². The van der Waals surface area contributed by atoms with Crippen molar-refractivity contribution in [2.45, 2.75) is 49.8 Å². The minimum Gasteiger partial charge on any atom is -0.468 e. The van der Waals surface area contributed by atoms with Crippen LogP contribution in [0, 0.1) is 23.2 Å². The number of esters is 1. The van der Waals surface area contributed by atoms with E-state index in [-0.39, 0.29) is 17.3 Å². The lowest BCUT2D eigenvalue weighted by molar-refractivity contribution is -0.139. The molecule has 21 heavy (non-hydrogen) atoms. The van der Waals surface area contributed by atoms with Crippen LogP contribution in [0.25, 0.3) is 0 Å². The summed E-state index contributed by atoms with van der Waals surface area (Å²) < 4.78 is 4.64. The number of carbonyl (C=O) groups is 2. The summed E-state index contributed by atoms with van der Waals surface area (Å²) in [6.07, 6.45) is 8.53. The molecule has 4 nitrogen and oxygen atoms in total. The van der Waals surface area contributed by atoms with Gasteiger partial charge in [0.2, 0.25) is 5.91 Å². The van der Waals surface area contributed by atoms with Crippen molar-refractivity contribution in [3.8, 4) is 0 Å². The molecule has 1 N–H and O–H groups in total. The van der Waals surface area contributed by atoms with E-state index >= 15 is 0 Å². The average molecular weight is 358 g/mol. The maximum Gasteiger partial charge on any atom is 0.321 e. The van der Waals surface area contributed by atoms with Crippen molar-refractivity contribution >= 4 is 27.8 Å². The highest BCUT2D eigenvalue weighted by molar-refractivity contribution is 9.10. The summed E-state index contributed by atoms with van der Waals surface area (Å²) in [5, 5.41) is 2.89. The lowest BCUT2D eigenvalue weighted by Gasteiger charge is -2.56. The van der Waals surface area contributed by atoms with E-state index in [2.05, 4.69) is 26.0 Å². The summed E-state index contributed by atoms with van der Waals surface area (Å²) in [5.41, 5.74) is 0.256. The van der Waals surface area contributed by atoms with Gasteiger partial charge in [-0.1, -0.05) is 15.9 Å². The van der Waals surface area contributed by atoms with E-state index in [0.717, 1.165) is 17.8 Å².